The molecule has 2 fully saturated rings. The van der Waals surface area contributed by atoms with E-state index < -0.39 is 0 Å². The lowest BCUT2D eigenvalue weighted by atomic mass is 9.85. The zero-order chi connectivity index (χ0) is 14.5. The largest absolute Gasteiger partial charge is 0.349 e. The smallest absolute Gasteiger partial charge is 0.222 e. The van der Waals surface area contributed by atoms with Crippen molar-refractivity contribution in [1.82, 2.24) is 5.32 Å². The molecular formula is C19H27NO. The first-order chi connectivity index (χ1) is 10.3. The lowest BCUT2D eigenvalue weighted by Gasteiger charge is -2.29. The fourth-order valence-electron chi connectivity index (χ4n) is 3.87. The van der Waals surface area contributed by atoms with Gasteiger partial charge in [0.2, 0.25) is 5.91 Å². The quantitative estimate of drug-likeness (QED) is 0.603. The molecule has 1 saturated carbocycles. The van der Waals surface area contributed by atoms with E-state index in [2.05, 4.69) is 29.6 Å². The van der Waals surface area contributed by atoms with Crippen LogP contribution in [0.2, 0.25) is 0 Å². The number of β-lactam (4-membered cyclic amide) rings is 1. The van der Waals surface area contributed by atoms with Gasteiger partial charge < -0.3 is 5.32 Å². The Morgan fingerprint density at radius 2 is 1.81 bits per heavy atom. The van der Waals surface area contributed by atoms with E-state index in [1.54, 1.807) is 0 Å². The standard InChI is InChI=1S/C19H27NO/c21-19-14-18(20-19)17-13-7-6-12-16(17)11-5-4-10-15-8-2-1-3-9-15/h6-7,12-13,15,18H,1-5,8-11,14H2,(H,20,21). The van der Waals surface area contributed by atoms with E-state index in [0.717, 1.165) is 12.3 Å². The monoisotopic (exact) mass is 285 g/mol. The Kier molecular flexibility index (Phi) is 4.95. The Hall–Kier alpha value is -1.31. The molecule has 1 amide bonds. The average molecular weight is 285 g/mol. The van der Waals surface area contributed by atoms with Crippen LogP contribution in [0.1, 0.15) is 75.0 Å². The number of unbranched alkanes of at least 4 members (excludes halogenated alkanes) is 1. The van der Waals surface area contributed by atoms with Gasteiger partial charge in [-0.2, -0.15) is 0 Å². The molecule has 1 heterocycles. The topological polar surface area (TPSA) is 29.1 Å². The normalized spacial score (nSPS) is 22.7. The predicted molar refractivity (Wildman–Crippen MR) is 86.1 cm³/mol. The Morgan fingerprint density at radius 1 is 1.05 bits per heavy atom. The van der Waals surface area contributed by atoms with Gasteiger partial charge in [-0.3, -0.25) is 4.79 Å². The van der Waals surface area contributed by atoms with Crippen LogP contribution in [0.4, 0.5) is 0 Å². The van der Waals surface area contributed by atoms with E-state index in [1.165, 1.54) is 62.5 Å². The molecule has 0 bridgehead atoms. The van der Waals surface area contributed by atoms with E-state index in [0.29, 0.717) is 6.42 Å². The Balaban J connectivity index is 1.45. The fourth-order valence-corrected chi connectivity index (χ4v) is 3.87. The van der Waals surface area contributed by atoms with E-state index >= 15 is 0 Å². The first-order valence-electron chi connectivity index (χ1n) is 8.70. The number of hydrogen-bond acceptors (Lipinski definition) is 1. The third kappa shape index (κ3) is 3.87. The van der Waals surface area contributed by atoms with Gasteiger partial charge in [-0.05, 0) is 29.9 Å². The summed E-state index contributed by atoms with van der Waals surface area (Å²) in [5.74, 6) is 1.19. The van der Waals surface area contributed by atoms with Crippen molar-refractivity contribution in [1.29, 1.82) is 0 Å². The molecule has 1 saturated heterocycles. The molecule has 1 N–H and O–H groups in total. The minimum atomic E-state index is 0.187. The molecule has 3 rings (SSSR count). The van der Waals surface area contributed by atoms with Crippen LogP contribution in [0.15, 0.2) is 24.3 Å². The number of carbonyl (C=O) groups is 1. The number of aryl methyl sites for hydroxylation is 1. The van der Waals surface area contributed by atoms with E-state index in [9.17, 15) is 4.79 Å². The summed E-state index contributed by atoms with van der Waals surface area (Å²) in [6, 6.07) is 8.90. The minimum Gasteiger partial charge on any atom is -0.349 e. The van der Waals surface area contributed by atoms with Crippen LogP contribution >= 0.6 is 0 Å². The van der Waals surface area contributed by atoms with Crippen molar-refractivity contribution in [3.63, 3.8) is 0 Å². The Labute approximate surface area is 128 Å². The highest BCUT2D eigenvalue weighted by Crippen LogP contribution is 2.30. The second kappa shape index (κ2) is 7.11. The lowest BCUT2D eigenvalue weighted by Crippen LogP contribution is -2.41. The van der Waals surface area contributed by atoms with Crippen molar-refractivity contribution in [2.45, 2.75) is 70.3 Å². The molecule has 2 heteroatoms. The van der Waals surface area contributed by atoms with Crippen LogP contribution < -0.4 is 5.32 Å². The van der Waals surface area contributed by atoms with Gasteiger partial charge in [0, 0.05) is 0 Å². The highest BCUT2D eigenvalue weighted by molar-refractivity contribution is 5.83. The summed E-state index contributed by atoms with van der Waals surface area (Å²) >= 11 is 0. The second-order valence-electron chi connectivity index (χ2n) is 6.77. The number of carbonyl (C=O) groups excluding carboxylic acids is 1. The number of hydrogen-bond donors (Lipinski definition) is 1. The molecule has 2 nitrogen and oxygen atoms in total. The zero-order valence-electron chi connectivity index (χ0n) is 12.9. The average Bonchev–Trinajstić information content (AvgIpc) is 2.50. The highest BCUT2D eigenvalue weighted by Gasteiger charge is 2.28. The van der Waals surface area contributed by atoms with E-state index in [-0.39, 0.29) is 11.9 Å². The van der Waals surface area contributed by atoms with Crippen molar-refractivity contribution in [3.05, 3.63) is 35.4 Å². The van der Waals surface area contributed by atoms with E-state index in [4.69, 9.17) is 0 Å². The van der Waals surface area contributed by atoms with Crippen molar-refractivity contribution in [2.24, 2.45) is 5.92 Å². The van der Waals surface area contributed by atoms with Crippen molar-refractivity contribution >= 4 is 5.91 Å². The van der Waals surface area contributed by atoms with Crippen molar-refractivity contribution in [3.8, 4) is 0 Å². The molecule has 0 spiro atoms. The second-order valence-corrected chi connectivity index (χ2v) is 6.77. The molecule has 1 aromatic carbocycles. The molecule has 0 aromatic heterocycles. The maximum absolute atomic E-state index is 11.1. The molecule has 1 aromatic rings. The number of rotatable bonds is 6. The maximum Gasteiger partial charge on any atom is 0.222 e. The van der Waals surface area contributed by atoms with Crippen LogP contribution in [0, 0.1) is 5.92 Å². The summed E-state index contributed by atoms with van der Waals surface area (Å²) in [5.41, 5.74) is 2.78. The van der Waals surface area contributed by atoms with Gasteiger partial charge in [-0.1, -0.05) is 69.2 Å². The first-order valence-corrected chi connectivity index (χ1v) is 8.70. The highest BCUT2D eigenvalue weighted by atomic mass is 16.2. The van der Waals surface area contributed by atoms with Gasteiger partial charge in [-0.25, -0.2) is 0 Å². The molecule has 0 radical (unpaired) electrons. The number of nitrogens with one attached hydrogen (secondary N) is 1. The summed E-state index contributed by atoms with van der Waals surface area (Å²) in [4.78, 5) is 11.1. The summed E-state index contributed by atoms with van der Waals surface area (Å²) in [7, 11) is 0. The Bertz CT molecular complexity index is 468. The predicted octanol–water partition coefficient (Wildman–Crippen LogP) is 4.54. The number of benzene rings is 1. The van der Waals surface area contributed by atoms with Crippen LogP contribution in [0.25, 0.3) is 0 Å². The maximum atomic E-state index is 11.1. The molecule has 1 atom stereocenters. The Morgan fingerprint density at radius 3 is 2.57 bits per heavy atom. The fraction of sp³-hybridized carbons (Fsp3) is 0.632. The molecule has 1 aliphatic heterocycles. The van der Waals surface area contributed by atoms with Gasteiger partial charge in [0.05, 0.1) is 12.5 Å². The third-order valence-electron chi connectivity index (χ3n) is 5.19. The molecule has 1 aliphatic carbocycles. The molecular weight excluding hydrogens is 258 g/mol. The molecule has 114 valence electrons. The third-order valence-corrected chi connectivity index (χ3v) is 5.19. The molecule has 21 heavy (non-hydrogen) atoms. The van der Waals surface area contributed by atoms with Crippen LogP contribution in [0.3, 0.4) is 0 Å². The van der Waals surface area contributed by atoms with Gasteiger partial charge in [0.15, 0.2) is 0 Å². The van der Waals surface area contributed by atoms with Crippen LogP contribution in [0.5, 0.6) is 0 Å². The van der Waals surface area contributed by atoms with Gasteiger partial charge in [0.1, 0.15) is 0 Å². The van der Waals surface area contributed by atoms with Crippen molar-refractivity contribution < 1.29 is 4.79 Å². The first kappa shape index (κ1) is 14.6. The minimum absolute atomic E-state index is 0.187. The van der Waals surface area contributed by atoms with Gasteiger partial charge in [-0.15, -0.1) is 0 Å². The van der Waals surface area contributed by atoms with Gasteiger partial charge >= 0.3 is 0 Å². The van der Waals surface area contributed by atoms with Gasteiger partial charge in [0.25, 0.3) is 0 Å². The van der Waals surface area contributed by atoms with Crippen molar-refractivity contribution in [2.75, 3.05) is 0 Å². The summed E-state index contributed by atoms with van der Waals surface area (Å²) in [5, 5.41) is 3.00. The SMILES string of the molecule is O=C1CC(c2ccccc2CCCCC2CCCCC2)N1. The van der Waals surface area contributed by atoms with Crippen LogP contribution in [-0.4, -0.2) is 5.91 Å². The molecule has 1 unspecified atom stereocenters. The summed E-state index contributed by atoms with van der Waals surface area (Å²) in [6.45, 7) is 0. The number of amides is 1. The van der Waals surface area contributed by atoms with Crippen LogP contribution in [-0.2, 0) is 11.2 Å². The summed E-state index contributed by atoms with van der Waals surface area (Å²) < 4.78 is 0. The van der Waals surface area contributed by atoms with E-state index in [1.807, 2.05) is 0 Å². The zero-order valence-corrected chi connectivity index (χ0v) is 12.9. The summed E-state index contributed by atoms with van der Waals surface area (Å²) in [6.07, 6.45) is 13.2. The lowest BCUT2D eigenvalue weighted by molar-refractivity contribution is -0.128. The molecule has 2 aliphatic rings.